The number of carbonyl (C=O) groups excluding carboxylic acids is 1. The Labute approximate surface area is 124 Å². The monoisotopic (exact) mass is 343 g/mol. The largest absolute Gasteiger partial charge is 0.486 e. The third kappa shape index (κ3) is 3.41. The Kier molecular flexibility index (Phi) is 4.49. The van der Waals surface area contributed by atoms with Crippen LogP contribution in [-0.2, 0) is 16.0 Å². The molecule has 0 bridgehead atoms. The van der Waals surface area contributed by atoms with Gasteiger partial charge in [0.1, 0.15) is 19.8 Å². The standard InChI is InChI=1S/C13H14BrNO5/c1-15(7-13(17)18)12(16)5-8-4-10-11(6-9(8)14)20-3-2-19-10/h4,6H,2-3,5,7H2,1H3,(H,17,18). The summed E-state index contributed by atoms with van der Waals surface area (Å²) in [4.78, 5) is 23.7. The normalized spacial score (nSPS) is 12.9. The zero-order valence-corrected chi connectivity index (χ0v) is 12.5. The van der Waals surface area contributed by atoms with Crippen LogP contribution in [0.1, 0.15) is 5.56 Å². The van der Waals surface area contributed by atoms with Crippen molar-refractivity contribution in [1.29, 1.82) is 0 Å². The molecule has 0 fully saturated rings. The highest BCUT2D eigenvalue weighted by Crippen LogP contribution is 2.35. The molecule has 6 nitrogen and oxygen atoms in total. The second-order valence-electron chi connectivity index (χ2n) is 4.41. The Morgan fingerprint density at radius 1 is 1.30 bits per heavy atom. The summed E-state index contributed by atoms with van der Waals surface area (Å²) in [5.74, 6) is -0.0757. The van der Waals surface area contributed by atoms with E-state index in [0.717, 1.165) is 10.0 Å². The molecule has 0 saturated carbocycles. The highest BCUT2D eigenvalue weighted by molar-refractivity contribution is 9.10. The average Bonchev–Trinajstić information content (AvgIpc) is 2.38. The van der Waals surface area contributed by atoms with E-state index in [-0.39, 0.29) is 18.9 Å². The Hall–Kier alpha value is -1.76. The Morgan fingerprint density at radius 3 is 2.50 bits per heavy atom. The maximum Gasteiger partial charge on any atom is 0.323 e. The van der Waals surface area contributed by atoms with E-state index in [1.165, 1.54) is 11.9 Å². The summed E-state index contributed by atoms with van der Waals surface area (Å²) in [6, 6.07) is 3.50. The van der Waals surface area contributed by atoms with Crippen molar-refractivity contribution in [3.05, 3.63) is 22.2 Å². The molecule has 0 spiro atoms. The molecule has 1 aromatic rings. The second kappa shape index (κ2) is 6.13. The number of ether oxygens (including phenoxy) is 2. The van der Waals surface area contributed by atoms with Gasteiger partial charge in [0.15, 0.2) is 11.5 Å². The number of carbonyl (C=O) groups is 2. The number of hydrogen-bond acceptors (Lipinski definition) is 4. The molecule has 1 heterocycles. The Bertz CT molecular complexity index is 546. The van der Waals surface area contributed by atoms with Crippen LogP contribution in [0.25, 0.3) is 0 Å². The number of carboxylic acid groups (broad SMARTS) is 1. The van der Waals surface area contributed by atoms with Crippen molar-refractivity contribution in [1.82, 2.24) is 4.90 Å². The van der Waals surface area contributed by atoms with Crippen molar-refractivity contribution in [3.8, 4) is 11.5 Å². The molecule has 0 saturated heterocycles. The van der Waals surface area contributed by atoms with Gasteiger partial charge in [-0.1, -0.05) is 15.9 Å². The molecule has 1 aliphatic heterocycles. The number of aliphatic carboxylic acids is 1. The van der Waals surface area contributed by atoms with Gasteiger partial charge in [-0.05, 0) is 17.7 Å². The van der Waals surface area contributed by atoms with E-state index in [9.17, 15) is 9.59 Å². The van der Waals surface area contributed by atoms with E-state index in [1.54, 1.807) is 12.1 Å². The van der Waals surface area contributed by atoms with Crippen molar-refractivity contribution in [3.63, 3.8) is 0 Å². The van der Waals surface area contributed by atoms with Crippen LogP contribution in [0, 0.1) is 0 Å². The maximum absolute atomic E-state index is 11.9. The van der Waals surface area contributed by atoms with Gasteiger partial charge in [-0.15, -0.1) is 0 Å². The quantitative estimate of drug-likeness (QED) is 0.891. The molecule has 108 valence electrons. The molecule has 1 aromatic carbocycles. The van der Waals surface area contributed by atoms with Crippen LogP contribution in [0.2, 0.25) is 0 Å². The molecule has 20 heavy (non-hydrogen) atoms. The lowest BCUT2D eigenvalue weighted by molar-refractivity contribution is -0.143. The summed E-state index contributed by atoms with van der Waals surface area (Å²) in [7, 11) is 1.46. The van der Waals surface area contributed by atoms with E-state index in [2.05, 4.69) is 15.9 Å². The lowest BCUT2D eigenvalue weighted by atomic mass is 10.1. The van der Waals surface area contributed by atoms with Crippen LogP contribution in [-0.4, -0.2) is 48.7 Å². The number of benzene rings is 1. The lowest BCUT2D eigenvalue weighted by Gasteiger charge is -2.20. The van der Waals surface area contributed by atoms with Gasteiger partial charge in [0.05, 0.1) is 6.42 Å². The molecular weight excluding hydrogens is 330 g/mol. The van der Waals surface area contributed by atoms with Crippen molar-refractivity contribution < 1.29 is 24.2 Å². The first-order valence-corrected chi connectivity index (χ1v) is 6.80. The smallest absolute Gasteiger partial charge is 0.323 e. The van der Waals surface area contributed by atoms with Crippen molar-refractivity contribution >= 4 is 27.8 Å². The van der Waals surface area contributed by atoms with Gasteiger partial charge in [-0.2, -0.15) is 0 Å². The van der Waals surface area contributed by atoms with E-state index >= 15 is 0 Å². The first-order valence-electron chi connectivity index (χ1n) is 6.01. The fourth-order valence-electron chi connectivity index (χ4n) is 1.83. The van der Waals surface area contributed by atoms with Gasteiger partial charge >= 0.3 is 5.97 Å². The average molecular weight is 344 g/mol. The first kappa shape index (κ1) is 14.6. The number of amides is 1. The molecule has 1 N–H and O–H groups in total. The van der Waals surface area contributed by atoms with Gasteiger partial charge in [-0.3, -0.25) is 9.59 Å². The van der Waals surface area contributed by atoms with E-state index in [1.807, 2.05) is 0 Å². The number of rotatable bonds is 4. The maximum atomic E-state index is 11.9. The summed E-state index contributed by atoms with van der Waals surface area (Å²) >= 11 is 3.38. The molecular formula is C13H14BrNO5. The van der Waals surface area contributed by atoms with E-state index in [4.69, 9.17) is 14.6 Å². The van der Waals surface area contributed by atoms with Crippen molar-refractivity contribution in [2.75, 3.05) is 26.8 Å². The minimum Gasteiger partial charge on any atom is -0.486 e. The topological polar surface area (TPSA) is 76.1 Å². The molecule has 0 aromatic heterocycles. The van der Waals surface area contributed by atoms with Crippen LogP contribution in [0.3, 0.4) is 0 Å². The number of fused-ring (bicyclic) bond motifs is 1. The molecule has 1 amide bonds. The van der Waals surface area contributed by atoms with Crippen LogP contribution in [0.4, 0.5) is 0 Å². The summed E-state index contributed by atoms with van der Waals surface area (Å²) < 4.78 is 11.6. The zero-order valence-electron chi connectivity index (χ0n) is 10.9. The van der Waals surface area contributed by atoms with Gasteiger partial charge in [0.2, 0.25) is 5.91 Å². The predicted octanol–water partition coefficient (Wildman–Crippen LogP) is 1.31. The third-order valence-electron chi connectivity index (χ3n) is 2.85. The molecule has 0 atom stereocenters. The van der Waals surface area contributed by atoms with Crippen LogP contribution < -0.4 is 9.47 Å². The first-order chi connectivity index (χ1) is 9.47. The lowest BCUT2D eigenvalue weighted by Crippen LogP contribution is -2.33. The van der Waals surface area contributed by atoms with E-state index < -0.39 is 5.97 Å². The number of nitrogens with zero attached hydrogens (tertiary/aromatic N) is 1. The fourth-order valence-corrected chi connectivity index (χ4v) is 2.29. The number of halogens is 1. The van der Waals surface area contributed by atoms with Crippen LogP contribution in [0.5, 0.6) is 11.5 Å². The molecule has 7 heteroatoms. The van der Waals surface area contributed by atoms with Gasteiger partial charge in [0.25, 0.3) is 0 Å². The molecule has 2 rings (SSSR count). The summed E-state index contributed by atoms with van der Waals surface area (Å²) in [5.41, 5.74) is 0.733. The van der Waals surface area contributed by atoms with Gasteiger partial charge < -0.3 is 19.5 Å². The van der Waals surface area contributed by atoms with E-state index in [0.29, 0.717) is 24.7 Å². The minimum atomic E-state index is -1.04. The summed E-state index contributed by atoms with van der Waals surface area (Å²) in [5, 5.41) is 8.67. The number of hydrogen-bond donors (Lipinski definition) is 1. The number of carboxylic acids is 1. The fraction of sp³-hybridized carbons (Fsp3) is 0.385. The van der Waals surface area contributed by atoms with Gasteiger partial charge in [0, 0.05) is 11.5 Å². The molecule has 0 radical (unpaired) electrons. The summed E-state index contributed by atoms with van der Waals surface area (Å²) in [6.07, 6.45) is 0.0982. The SMILES string of the molecule is CN(CC(=O)O)C(=O)Cc1cc2c(cc1Br)OCCO2. The highest BCUT2D eigenvalue weighted by Gasteiger charge is 2.18. The second-order valence-corrected chi connectivity index (χ2v) is 5.26. The third-order valence-corrected chi connectivity index (χ3v) is 3.59. The van der Waals surface area contributed by atoms with Crippen LogP contribution in [0.15, 0.2) is 16.6 Å². The minimum absolute atomic E-state index is 0.0982. The highest BCUT2D eigenvalue weighted by atomic mass is 79.9. The zero-order chi connectivity index (χ0) is 14.7. The number of likely N-dealkylation sites (N-methyl/N-ethyl adjacent to an activating group) is 1. The van der Waals surface area contributed by atoms with Gasteiger partial charge in [-0.25, -0.2) is 0 Å². The summed E-state index contributed by atoms with van der Waals surface area (Å²) in [6.45, 7) is 0.654. The predicted molar refractivity (Wildman–Crippen MR) is 74.1 cm³/mol. The Morgan fingerprint density at radius 2 is 1.90 bits per heavy atom. The molecule has 0 unspecified atom stereocenters. The van der Waals surface area contributed by atoms with Crippen molar-refractivity contribution in [2.45, 2.75) is 6.42 Å². The van der Waals surface area contributed by atoms with Crippen molar-refractivity contribution in [2.24, 2.45) is 0 Å². The van der Waals surface area contributed by atoms with Crippen LogP contribution >= 0.6 is 15.9 Å². The molecule has 0 aliphatic carbocycles. The molecule has 1 aliphatic rings. The Balaban J connectivity index is 2.13.